The SMILES string of the molecule is C=CCN1C=CN(CC(O)CO)C1. The predicted molar refractivity (Wildman–Crippen MR) is 50.7 cm³/mol. The predicted octanol–water partition coefficient (Wildman–Crippen LogP) is -0.428. The molecule has 4 heteroatoms. The normalized spacial score (nSPS) is 18.0. The summed E-state index contributed by atoms with van der Waals surface area (Å²) in [6.45, 7) is 5.49. The van der Waals surface area contributed by atoms with Gasteiger partial charge in [-0.25, -0.2) is 0 Å². The molecule has 0 aromatic carbocycles. The summed E-state index contributed by atoms with van der Waals surface area (Å²) in [5.74, 6) is 0. The molecule has 0 spiro atoms. The molecule has 1 heterocycles. The second-order valence-corrected chi connectivity index (χ2v) is 3.11. The van der Waals surface area contributed by atoms with Crippen LogP contribution in [0, 0.1) is 0 Å². The number of β-amino-alcohol motifs (C(OH)–C–C–N with tert-alkyl or cyclic N) is 1. The quantitative estimate of drug-likeness (QED) is 0.569. The van der Waals surface area contributed by atoms with Crippen molar-refractivity contribution < 1.29 is 10.2 Å². The molecule has 1 atom stereocenters. The lowest BCUT2D eigenvalue weighted by Crippen LogP contribution is -2.33. The van der Waals surface area contributed by atoms with Gasteiger partial charge in [-0.05, 0) is 0 Å². The van der Waals surface area contributed by atoms with E-state index in [9.17, 15) is 5.11 Å². The van der Waals surface area contributed by atoms with Gasteiger partial charge in [-0.3, -0.25) is 0 Å². The van der Waals surface area contributed by atoms with Crippen molar-refractivity contribution in [1.29, 1.82) is 0 Å². The number of nitrogens with zero attached hydrogens (tertiary/aromatic N) is 2. The Hall–Kier alpha value is -1.00. The minimum absolute atomic E-state index is 0.189. The average molecular weight is 184 g/mol. The van der Waals surface area contributed by atoms with Crippen molar-refractivity contribution in [3.8, 4) is 0 Å². The molecule has 74 valence electrons. The van der Waals surface area contributed by atoms with Crippen molar-refractivity contribution in [2.75, 3.05) is 26.4 Å². The maximum absolute atomic E-state index is 9.17. The second kappa shape index (κ2) is 4.89. The van der Waals surface area contributed by atoms with Gasteiger partial charge in [0.25, 0.3) is 0 Å². The Labute approximate surface area is 78.4 Å². The molecule has 0 radical (unpaired) electrons. The molecule has 0 aromatic heterocycles. The van der Waals surface area contributed by atoms with Crippen molar-refractivity contribution in [2.24, 2.45) is 0 Å². The van der Waals surface area contributed by atoms with Crippen LogP contribution in [-0.4, -0.2) is 52.5 Å². The fourth-order valence-electron chi connectivity index (χ4n) is 1.25. The van der Waals surface area contributed by atoms with Gasteiger partial charge in [0.05, 0.1) is 19.4 Å². The first kappa shape index (κ1) is 10.1. The van der Waals surface area contributed by atoms with Crippen LogP contribution in [-0.2, 0) is 0 Å². The summed E-state index contributed by atoms with van der Waals surface area (Å²) in [4.78, 5) is 4.02. The van der Waals surface area contributed by atoms with Crippen LogP contribution >= 0.6 is 0 Å². The van der Waals surface area contributed by atoms with Crippen molar-refractivity contribution in [1.82, 2.24) is 9.80 Å². The highest BCUT2D eigenvalue weighted by Gasteiger charge is 2.13. The lowest BCUT2D eigenvalue weighted by atomic mass is 10.3. The van der Waals surface area contributed by atoms with Crippen molar-refractivity contribution in [2.45, 2.75) is 6.10 Å². The number of rotatable bonds is 5. The number of hydrogen-bond acceptors (Lipinski definition) is 4. The molecule has 1 unspecified atom stereocenters. The van der Waals surface area contributed by atoms with Crippen LogP contribution in [0.4, 0.5) is 0 Å². The Morgan fingerprint density at radius 1 is 1.46 bits per heavy atom. The largest absolute Gasteiger partial charge is 0.394 e. The first-order valence-corrected chi connectivity index (χ1v) is 4.32. The van der Waals surface area contributed by atoms with Crippen LogP contribution in [0.5, 0.6) is 0 Å². The van der Waals surface area contributed by atoms with Gasteiger partial charge in [0.15, 0.2) is 0 Å². The van der Waals surface area contributed by atoms with Gasteiger partial charge in [0.2, 0.25) is 0 Å². The van der Waals surface area contributed by atoms with Crippen molar-refractivity contribution in [3.63, 3.8) is 0 Å². The Balaban J connectivity index is 2.26. The van der Waals surface area contributed by atoms with Gasteiger partial charge in [-0.1, -0.05) is 6.08 Å². The zero-order chi connectivity index (χ0) is 9.68. The van der Waals surface area contributed by atoms with Gasteiger partial charge >= 0.3 is 0 Å². The van der Waals surface area contributed by atoms with E-state index in [1.165, 1.54) is 0 Å². The van der Waals surface area contributed by atoms with E-state index in [4.69, 9.17) is 5.11 Å². The highest BCUT2D eigenvalue weighted by atomic mass is 16.3. The fraction of sp³-hybridized carbons (Fsp3) is 0.556. The Morgan fingerprint density at radius 2 is 2.15 bits per heavy atom. The number of aliphatic hydroxyl groups is 2. The molecule has 0 bridgehead atoms. The molecule has 13 heavy (non-hydrogen) atoms. The van der Waals surface area contributed by atoms with E-state index in [0.717, 1.165) is 13.2 Å². The van der Waals surface area contributed by atoms with Crippen molar-refractivity contribution in [3.05, 3.63) is 25.1 Å². The first-order chi connectivity index (χ1) is 6.26. The molecule has 1 aliphatic heterocycles. The minimum atomic E-state index is -0.659. The van der Waals surface area contributed by atoms with Crippen LogP contribution in [0.3, 0.4) is 0 Å². The maximum Gasteiger partial charge on any atom is 0.0945 e. The smallest absolute Gasteiger partial charge is 0.0945 e. The summed E-state index contributed by atoms with van der Waals surface area (Å²) in [7, 11) is 0. The van der Waals surface area contributed by atoms with Gasteiger partial charge in [-0.15, -0.1) is 6.58 Å². The van der Waals surface area contributed by atoms with Gasteiger partial charge < -0.3 is 20.0 Å². The summed E-state index contributed by atoms with van der Waals surface area (Å²) in [6, 6.07) is 0. The molecular formula is C9H16N2O2. The highest BCUT2D eigenvalue weighted by Crippen LogP contribution is 2.06. The monoisotopic (exact) mass is 184 g/mol. The summed E-state index contributed by atoms with van der Waals surface area (Å²) >= 11 is 0. The molecule has 1 rings (SSSR count). The molecule has 0 aromatic rings. The molecule has 0 saturated carbocycles. The Bertz CT molecular complexity index is 194. The van der Waals surface area contributed by atoms with Gasteiger partial charge in [-0.2, -0.15) is 0 Å². The minimum Gasteiger partial charge on any atom is -0.394 e. The second-order valence-electron chi connectivity index (χ2n) is 3.11. The van der Waals surface area contributed by atoms with Gasteiger partial charge in [0, 0.05) is 25.5 Å². The third-order valence-electron chi connectivity index (χ3n) is 1.87. The van der Waals surface area contributed by atoms with Crippen LogP contribution in [0.25, 0.3) is 0 Å². The van der Waals surface area contributed by atoms with Gasteiger partial charge in [0.1, 0.15) is 0 Å². The molecule has 4 nitrogen and oxygen atoms in total. The molecule has 0 saturated heterocycles. The molecule has 0 aliphatic carbocycles. The Kier molecular flexibility index (Phi) is 3.79. The van der Waals surface area contributed by atoms with Crippen LogP contribution in [0.1, 0.15) is 0 Å². The van der Waals surface area contributed by atoms with E-state index in [-0.39, 0.29) is 6.61 Å². The van der Waals surface area contributed by atoms with E-state index in [1.807, 2.05) is 23.4 Å². The first-order valence-electron chi connectivity index (χ1n) is 4.32. The lowest BCUT2D eigenvalue weighted by Gasteiger charge is -2.21. The summed E-state index contributed by atoms with van der Waals surface area (Å²) in [6.07, 6.45) is 5.03. The van der Waals surface area contributed by atoms with E-state index in [2.05, 4.69) is 11.5 Å². The maximum atomic E-state index is 9.17. The highest BCUT2D eigenvalue weighted by molar-refractivity contribution is 4.93. The van der Waals surface area contributed by atoms with Crippen LogP contribution < -0.4 is 0 Å². The molecule has 2 N–H and O–H groups in total. The summed E-state index contributed by atoms with van der Waals surface area (Å²) < 4.78 is 0. The fourth-order valence-corrected chi connectivity index (χ4v) is 1.25. The van der Waals surface area contributed by atoms with Crippen LogP contribution in [0.2, 0.25) is 0 Å². The third kappa shape index (κ3) is 3.08. The Morgan fingerprint density at radius 3 is 2.77 bits per heavy atom. The number of aliphatic hydroxyl groups excluding tert-OH is 2. The number of hydrogen-bond donors (Lipinski definition) is 2. The van der Waals surface area contributed by atoms with Crippen LogP contribution in [0.15, 0.2) is 25.1 Å². The molecule has 1 aliphatic rings. The third-order valence-corrected chi connectivity index (χ3v) is 1.87. The molecule has 0 fully saturated rings. The molecular weight excluding hydrogens is 168 g/mol. The topological polar surface area (TPSA) is 46.9 Å². The van der Waals surface area contributed by atoms with E-state index in [1.54, 1.807) is 0 Å². The van der Waals surface area contributed by atoms with Crippen molar-refractivity contribution >= 4 is 0 Å². The standard InChI is InChI=1S/C9H16N2O2/c1-2-3-10-4-5-11(8-10)6-9(13)7-12/h2,4-5,9,12-13H,1,3,6-8H2. The van der Waals surface area contributed by atoms with E-state index >= 15 is 0 Å². The zero-order valence-corrected chi connectivity index (χ0v) is 7.63. The average Bonchev–Trinajstić information content (AvgIpc) is 2.53. The lowest BCUT2D eigenvalue weighted by molar-refractivity contribution is 0.0676. The van der Waals surface area contributed by atoms with E-state index < -0.39 is 6.10 Å². The van der Waals surface area contributed by atoms with E-state index in [0.29, 0.717) is 6.54 Å². The summed E-state index contributed by atoms with van der Waals surface area (Å²) in [5, 5.41) is 17.8. The molecule has 0 amide bonds. The zero-order valence-electron chi connectivity index (χ0n) is 7.63. The summed E-state index contributed by atoms with van der Waals surface area (Å²) in [5.41, 5.74) is 0.